The van der Waals surface area contributed by atoms with E-state index in [-0.39, 0.29) is 12.0 Å². The Morgan fingerprint density at radius 2 is 1.85 bits per heavy atom. The van der Waals surface area contributed by atoms with Crippen LogP contribution in [0.3, 0.4) is 0 Å². The lowest BCUT2D eigenvalue weighted by molar-refractivity contribution is 0.201. The molecule has 2 nitrogen and oxygen atoms in total. The van der Waals surface area contributed by atoms with Crippen molar-refractivity contribution in [3.8, 4) is 5.75 Å². The van der Waals surface area contributed by atoms with Gasteiger partial charge in [0.25, 0.3) is 0 Å². The van der Waals surface area contributed by atoms with Gasteiger partial charge in [0.05, 0.1) is 13.7 Å². The molecule has 2 aromatic rings. The second-order valence-corrected chi connectivity index (χ2v) is 5.58. The van der Waals surface area contributed by atoms with Crippen LogP contribution in [0, 0.1) is 6.92 Å². The lowest BCUT2D eigenvalue weighted by Gasteiger charge is -2.29. The molecule has 20 heavy (non-hydrogen) atoms. The fraction of sp³-hybridized carbons (Fsp3) is 0.333. The highest BCUT2D eigenvalue weighted by Gasteiger charge is 2.29. The van der Waals surface area contributed by atoms with Crippen LogP contribution in [0.1, 0.15) is 23.6 Å². The number of aliphatic hydroxyl groups is 1. The Labute approximate surface area is 121 Å². The Balaban J connectivity index is 2.38. The van der Waals surface area contributed by atoms with Crippen molar-refractivity contribution in [1.29, 1.82) is 0 Å². The molecule has 0 fully saturated rings. The van der Waals surface area contributed by atoms with Gasteiger partial charge in [-0.15, -0.1) is 0 Å². The summed E-state index contributed by atoms with van der Waals surface area (Å²) in [7, 11) is 1.67. The molecule has 0 aliphatic rings. The molecule has 0 aromatic heterocycles. The molecule has 1 N–H and O–H groups in total. The molecule has 0 radical (unpaired) electrons. The van der Waals surface area contributed by atoms with Gasteiger partial charge in [-0.05, 0) is 25.0 Å². The van der Waals surface area contributed by atoms with Gasteiger partial charge in [-0.2, -0.15) is 0 Å². The summed E-state index contributed by atoms with van der Waals surface area (Å²) in [5, 5.41) is 9.93. The Hall–Kier alpha value is -1.80. The van der Waals surface area contributed by atoms with Crippen LogP contribution in [0.25, 0.3) is 0 Å². The van der Waals surface area contributed by atoms with Gasteiger partial charge in [-0.25, -0.2) is 0 Å². The Morgan fingerprint density at radius 3 is 2.50 bits per heavy atom. The molecular weight excluding hydrogens is 248 g/mol. The van der Waals surface area contributed by atoms with Crippen molar-refractivity contribution in [1.82, 2.24) is 0 Å². The van der Waals surface area contributed by atoms with Gasteiger partial charge in [0, 0.05) is 11.0 Å². The molecule has 0 spiro atoms. The van der Waals surface area contributed by atoms with Crippen LogP contribution in [0.15, 0.2) is 48.5 Å². The molecule has 0 amide bonds. The van der Waals surface area contributed by atoms with E-state index >= 15 is 0 Å². The van der Waals surface area contributed by atoms with Crippen molar-refractivity contribution in [3.63, 3.8) is 0 Å². The number of aryl methyl sites for hydroxylation is 1. The average Bonchev–Trinajstić information content (AvgIpc) is 2.47. The van der Waals surface area contributed by atoms with Crippen LogP contribution in [0.5, 0.6) is 5.75 Å². The Kier molecular flexibility index (Phi) is 4.46. The minimum atomic E-state index is -0.347. The van der Waals surface area contributed by atoms with Gasteiger partial charge in [0.15, 0.2) is 0 Å². The Bertz CT molecular complexity index is 577. The van der Waals surface area contributed by atoms with E-state index in [0.717, 1.165) is 17.7 Å². The lowest BCUT2D eigenvalue weighted by atomic mass is 9.77. The molecule has 0 bridgehead atoms. The second-order valence-electron chi connectivity index (χ2n) is 5.58. The number of methoxy groups -OCH3 is 1. The zero-order valence-corrected chi connectivity index (χ0v) is 12.4. The first-order valence-electron chi connectivity index (χ1n) is 6.89. The summed E-state index contributed by atoms with van der Waals surface area (Å²) >= 11 is 0. The molecule has 2 aromatic carbocycles. The number of benzene rings is 2. The highest BCUT2D eigenvalue weighted by molar-refractivity contribution is 5.41. The van der Waals surface area contributed by atoms with E-state index < -0.39 is 0 Å². The monoisotopic (exact) mass is 270 g/mol. The van der Waals surface area contributed by atoms with Crippen molar-refractivity contribution in [2.45, 2.75) is 25.7 Å². The molecule has 0 saturated heterocycles. The lowest BCUT2D eigenvalue weighted by Crippen LogP contribution is -2.30. The number of para-hydroxylation sites is 1. The van der Waals surface area contributed by atoms with E-state index in [1.54, 1.807) is 7.11 Å². The van der Waals surface area contributed by atoms with Gasteiger partial charge in [-0.1, -0.05) is 55.0 Å². The van der Waals surface area contributed by atoms with Crippen LogP contribution in [0.2, 0.25) is 0 Å². The highest BCUT2D eigenvalue weighted by atomic mass is 16.5. The van der Waals surface area contributed by atoms with Crippen LogP contribution < -0.4 is 4.74 Å². The van der Waals surface area contributed by atoms with E-state index in [1.165, 1.54) is 11.1 Å². The molecule has 0 saturated carbocycles. The van der Waals surface area contributed by atoms with Gasteiger partial charge >= 0.3 is 0 Å². The quantitative estimate of drug-likeness (QED) is 0.901. The van der Waals surface area contributed by atoms with Crippen molar-refractivity contribution in [3.05, 3.63) is 65.2 Å². The molecule has 0 heterocycles. The maximum atomic E-state index is 9.93. The van der Waals surface area contributed by atoms with Crippen LogP contribution >= 0.6 is 0 Å². The standard InChI is InChI=1S/C18H22O2/c1-14-7-6-8-15(11-14)12-18(2,13-19)16-9-4-5-10-17(16)20-3/h4-11,19H,12-13H2,1-3H3. The molecule has 1 unspecified atom stereocenters. The number of ether oxygens (including phenoxy) is 1. The molecule has 1 atom stereocenters. The fourth-order valence-corrected chi connectivity index (χ4v) is 2.65. The normalized spacial score (nSPS) is 13.8. The summed E-state index contributed by atoms with van der Waals surface area (Å²) in [5.74, 6) is 0.830. The fourth-order valence-electron chi connectivity index (χ4n) is 2.65. The van der Waals surface area contributed by atoms with Crippen LogP contribution in [-0.2, 0) is 11.8 Å². The van der Waals surface area contributed by atoms with E-state index in [2.05, 4.69) is 38.1 Å². The first kappa shape index (κ1) is 14.6. The third kappa shape index (κ3) is 3.02. The molecule has 2 heteroatoms. The van der Waals surface area contributed by atoms with E-state index in [0.29, 0.717) is 0 Å². The minimum Gasteiger partial charge on any atom is -0.496 e. The summed E-state index contributed by atoms with van der Waals surface area (Å²) in [5.41, 5.74) is 3.17. The van der Waals surface area contributed by atoms with Gasteiger partial charge in [0.2, 0.25) is 0 Å². The van der Waals surface area contributed by atoms with Gasteiger partial charge in [0.1, 0.15) is 5.75 Å². The summed E-state index contributed by atoms with van der Waals surface area (Å²) < 4.78 is 5.44. The molecular formula is C18H22O2. The van der Waals surface area contributed by atoms with Gasteiger partial charge in [-0.3, -0.25) is 0 Å². The SMILES string of the molecule is COc1ccccc1C(C)(CO)Cc1cccc(C)c1. The molecule has 106 valence electrons. The van der Waals surface area contributed by atoms with Crippen molar-refractivity contribution >= 4 is 0 Å². The zero-order valence-electron chi connectivity index (χ0n) is 12.4. The summed E-state index contributed by atoms with van der Waals surface area (Å²) in [6.45, 7) is 4.25. The maximum Gasteiger partial charge on any atom is 0.122 e. The number of hydrogen-bond acceptors (Lipinski definition) is 2. The van der Waals surface area contributed by atoms with E-state index in [1.807, 2.05) is 24.3 Å². The number of aliphatic hydroxyl groups excluding tert-OH is 1. The largest absolute Gasteiger partial charge is 0.496 e. The number of hydrogen-bond donors (Lipinski definition) is 1. The topological polar surface area (TPSA) is 29.5 Å². The highest BCUT2D eigenvalue weighted by Crippen LogP contribution is 2.34. The first-order valence-corrected chi connectivity index (χ1v) is 6.89. The van der Waals surface area contributed by atoms with Gasteiger partial charge < -0.3 is 9.84 Å². The van der Waals surface area contributed by atoms with E-state index in [9.17, 15) is 5.11 Å². The van der Waals surface area contributed by atoms with Crippen LogP contribution in [-0.4, -0.2) is 18.8 Å². The molecule has 2 rings (SSSR count). The summed E-state index contributed by atoms with van der Waals surface area (Å²) in [6, 6.07) is 16.3. The predicted octanol–water partition coefficient (Wildman–Crippen LogP) is 3.50. The first-order chi connectivity index (χ1) is 9.59. The zero-order chi connectivity index (χ0) is 14.6. The van der Waals surface area contributed by atoms with Crippen molar-refractivity contribution in [2.24, 2.45) is 0 Å². The second kappa shape index (κ2) is 6.10. The third-order valence-corrected chi connectivity index (χ3v) is 3.78. The maximum absolute atomic E-state index is 9.93. The Morgan fingerprint density at radius 1 is 1.10 bits per heavy atom. The summed E-state index contributed by atoms with van der Waals surface area (Å²) in [4.78, 5) is 0. The van der Waals surface area contributed by atoms with Crippen molar-refractivity contribution in [2.75, 3.05) is 13.7 Å². The van der Waals surface area contributed by atoms with Crippen molar-refractivity contribution < 1.29 is 9.84 Å². The smallest absolute Gasteiger partial charge is 0.122 e. The average molecular weight is 270 g/mol. The minimum absolute atomic E-state index is 0.0846. The predicted molar refractivity (Wildman–Crippen MR) is 82.3 cm³/mol. The molecule has 0 aliphatic heterocycles. The number of rotatable bonds is 5. The molecule has 0 aliphatic carbocycles. The summed E-state index contributed by atoms with van der Waals surface area (Å²) in [6.07, 6.45) is 0.783. The van der Waals surface area contributed by atoms with E-state index in [4.69, 9.17) is 4.74 Å². The third-order valence-electron chi connectivity index (χ3n) is 3.78. The van der Waals surface area contributed by atoms with Crippen LogP contribution in [0.4, 0.5) is 0 Å².